The number of nitrogens with zero attached hydrogens (tertiary/aromatic N) is 4. The molecule has 0 radical (unpaired) electrons. The molecule has 0 aliphatic carbocycles. The number of aromatic hydroxyl groups is 4. The van der Waals surface area contributed by atoms with Crippen LogP contribution in [-0.4, -0.2) is 45.3 Å². The van der Waals surface area contributed by atoms with Crippen molar-refractivity contribution in [1.82, 2.24) is 0 Å². The van der Waals surface area contributed by atoms with Gasteiger partial charge in [0.2, 0.25) is 0 Å². The van der Waals surface area contributed by atoms with Crippen molar-refractivity contribution in [3.05, 3.63) is 144 Å². The summed E-state index contributed by atoms with van der Waals surface area (Å²) in [5, 5.41) is 45.2. The fraction of sp³-hybridized carbons (Fsp3) is 0. The van der Waals surface area contributed by atoms with Crippen molar-refractivity contribution in [2.75, 3.05) is 0 Å². The summed E-state index contributed by atoms with van der Waals surface area (Å²) in [6.07, 6.45) is 6.16. The standard InChI is InChI=1S/C40H28N4O4/c45-37-25-9-5-13-29(37)30-15-7-11-27(39(30)47)23-43-35-19-3-4-20-36(35)44-24-28-12-8-16-32(40(28)48)31-14-6-10-26(38(31)46)22-42-34-18-2-1-17-33(34)41-21-25/h1-24,45-48H. The zero-order valence-electron chi connectivity index (χ0n) is 25.4. The molecular formula is C40H28N4O4. The van der Waals surface area contributed by atoms with Crippen molar-refractivity contribution in [2.45, 2.75) is 0 Å². The van der Waals surface area contributed by atoms with Crippen LogP contribution in [0.4, 0.5) is 22.7 Å². The molecular weight excluding hydrogens is 600 g/mol. The molecule has 1 aliphatic rings. The summed E-state index contributed by atoms with van der Waals surface area (Å²) < 4.78 is 0. The molecule has 0 amide bonds. The number of fused-ring (bicyclic) bond motifs is 12. The van der Waals surface area contributed by atoms with E-state index < -0.39 is 0 Å². The molecule has 0 aromatic heterocycles. The first-order valence-electron chi connectivity index (χ1n) is 15.1. The van der Waals surface area contributed by atoms with Gasteiger partial charge in [-0.25, -0.2) is 0 Å². The maximum absolute atomic E-state index is 11.3. The zero-order chi connectivity index (χ0) is 33.0. The minimum atomic E-state index is -0.0473. The summed E-state index contributed by atoms with van der Waals surface area (Å²) >= 11 is 0. The average Bonchev–Trinajstić information content (AvgIpc) is 3.11. The second-order valence-electron chi connectivity index (χ2n) is 11.0. The molecule has 0 saturated heterocycles. The monoisotopic (exact) mass is 628 g/mol. The molecule has 232 valence electrons. The highest BCUT2D eigenvalue weighted by molar-refractivity contribution is 5.97. The topological polar surface area (TPSA) is 130 Å². The molecule has 0 saturated carbocycles. The Labute approximate surface area is 276 Å². The van der Waals surface area contributed by atoms with Gasteiger partial charge >= 0.3 is 0 Å². The van der Waals surface area contributed by atoms with Gasteiger partial charge in [-0.3, -0.25) is 20.0 Å². The number of hydrogen-bond acceptors (Lipinski definition) is 8. The molecule has 8 bridgehead atoms. The lowest BCUT2D eigenvalue weighted by Gasteiger charge is -2.11. The molecule has 0 atom stereocenters. The van der Waals surface area contributed by atoms with E-state index in [9.17, 15) is 20.4 Å². The molecule has 1 heterocycles. The lowest BCUT2D eigenvalue weighted by Crippen LogP contribution is -1.91. The summed E-state index contributed by atoms with van der Waals surface area (Å²) in [5.74, 6) is -0.189. The fourth-order valence-electron chi connectivity index (χ4n) is 5.45. The van der Waals surface area contributed by atoms with Crippen LogP contribution in [0.5, 0.6) is 23.0 Å². The molecule has 0 unspecified atom stereocenters. The Hall–Kier alpha value is -6.80. The van der Waals surface area contributed by atoms with E-state index >= 15 is 0 Å². The van der Waals surface area contributed by atoms with Gasteiger partial charge in [-0.05, 0) is 48.5 Å². The van der Waals surface area contributed by atoms with Crippen molar-refractivity contribution >= 4 is 47.6 Å². The van der Waals surface area contributed by atoms with E-state index in [0.717, 1.165) is 0 Å². The highest BCUT2D eigenvalue weighted by Gasteiger charge is 2.16. The van der Waals surface area contributed by atoms with Gasteiger partial charge in [0.25, 0.3) is 0 Å². The maximum atomic E-state index is 11.3. The van der Waals surface area contributed by atoms with E-state index in [1.807, 2.05) is 24.3 Å². The smallest absolute Gasteiger partial charge is 0.132 e. The third kappa shape index (κ3) is 5.81. The lowest BCUT2D eigenvalue weighted by atomic mass is 9.98. The number of phenols is 4. The van der Waals surface area contributed by atoms with Crippen LogP contribution in [0.2, 0.25) is 0 Å². The molecule has 4 N–H and O–H groups in total. The zero-order valence-corrected chi connectivity index (χ0v) is 25.4. The van der Waals surface area contributed by atoms with Crippen LogP contribution < -0.4 is 0 Å². The number of aliphatic imine (C=N–C) groups is 4. The first-order valence-corrected chi connectivity index (χ1v) is 15.1. The van der Waals surface area contributed by atoms with Crippen LogP contribution in [0.1, 0.15) is 22.3 Å². The third-order valence-corrected chi connectivity index (χ3v) is 7.98. The molecule has 1 aliphatic heterocycles. The van der Waals surface area contributed by atoms with Gasteiger partial charge in [-0.2, -0.15) is 0 Å². The Morgan fingerprint density at radius 1 is 0.271 bits per heavy atom. The van der Waals surface area contributed by atoms with E-state index in [2.05, 4.69) is 20.0 Å². The van der Waals surface area contributed by atoms with Gasteiger partial charge in [0.15, 0.2) is 0 Å². The summed E-state index contributed by atoms with van der Waals surface area (Å²) in [4.78, 5) is 18.5. The van der Waals surface area contributed by atoms with Crippen LogP contribution in [0.15, 0.2) is 141 Å². The van der Waals surface area contributed by atoms with Gasteiger partial charge in [-0.1, -0.05) is 72.8 Å². The van der Waals surface area contributed by atoms with Crippen molar-refractivity contribution < 1.29 is 20.4 Å². The van der Waals surface area contributed by atoms with Crippen molar-refractivity contribution in [2.24, 2.45) is 20.0 Å². The summed E-state index contributed by atoms with van der Waals surface area (Å²) in [6.45, 7) is 0. The Morgan fingerprint density at radius 2 is 0.500 bits per heavy atom. The van der Waals surface area contributed by atoms with Crippen LogP contribution in [-0.2, 0) is 0 Å². The number of hydrogen-bond donors (Lipinski definition) is 4. The molecule has 6 aromatic rings. The summed E-state index contributed by atoms with van der Waals surface area (Å²) in [5.41, 5.74) is 5.62. The number of para-hydroxylation sites is 8. The average molecular weight is 629 g/mol. The molecule has 48 heavy (non-hydrogen) atoms. The minimum absolute atomic E-state index is 0.0473. The van der Waals surface area contributed by atoms with Gasteiger partial charge in [0.05, 0.1) is 22.7 Å². The predicted molar refractivity (Wildman–Crippen MR) is 192 cm³/mol. The highest BCUT2D eigenvalue weighted by Crippen LogP contribution is 2.41. The van der Waals surface area contributed by atoms with Gasteiger partial charge in [0, 0.05) is 69.4 Å². The Balaban J connectivity index is 1.42. The Kier molecular flexibility index (Phi) is 8.03. The summed E-state index contributed by atoms with van der Waals surface area (Å²) in [6, 6.07) is 35.4. The second kappa shape index (κ2) is 12.9. The van der Waals surface area contributed by atoms with Crippen LogP contribution in [0.25, 0.3) is 22.3 Å². The Bertz CT molecular complexity index is 1980. The van der Waals surface area contributed by atoms with Crippen LogP contribution >= 0.6 is 0 Å². The molecule has 8 nitrogen and oxygen atoms in total. The largest absolute Gasteiger partial charge is 0.507 e. The first-order chi connectivity index (χ1) is 23.5. The van der Waals surface area contributed by atoms with Crippen LogP contribution in [0.3, 0.4) is 0 Å². The molecule has 8 heteroatoms. The first kappa shape index (κ1) is 29.9. The van der Waals surface area contributed by atoms with E-state index in [4.69, 9.17) is 0 Å². The summed E-state index contributed by atoms with van der Waals surface area (Å²) in [7, 11) is 0. The predicted octanol–water partition coefficient (Wildman–Crippen LogP) is 9.16. The molecule has 0 spiro atoms. The van der Waals surface area contributed by atoms with E-state index in [1.54, 1.807) is 122 Å². The van der Waals surface area contributed by atoms with Crippen LogP contribution in [0, 0.1) is 0 Å². The van der Waals surface area contributed by atoms with E-state index in [0.29, 0.717) is 67.3 Å². The Morgan fingerprint density at radius 3 is 0.729 bits per heavy atom. The fourth-order valence-corrected chi connectivity index (χ4v) is 5.45. The second-order valence-corrected chi connectivity index (χ2v) is 11.0. The number of benzene rings is 6. The van der Waals surface area contributed by atoms with E-state index in [1.165, 1.54) is 0 Å². The SMILES string of the molecule is Oc1c2cccc1-c1cccc(c1O)C=Nc1ccccc1N=Cc1cccc(c1O)-c1cccc(c1O)C=Nc1ccccc1N=C2. The molecule has 6 aromatic carbocycles. The molecule has 7 rings (SSSR count). The van der Waals surface area contributed by atoms with Crippen molar-refractivity contribution in [3.8, 4) is 45.3 Å². The quantitative estimate of drug-likeness (QED) is 0.133. The van der Waals surface area contributed by atoms with Gasteiger partial charge in [-0.15, -0.1) is 0 Å². The number of phenolic OH excluding ortho intramolecular Hbond substituents is 4. The van der Waals surface area contributed by atoms with E-state index in [-0.39, 0.29) is 23.0 Å². The maximum Gasteiger partial charge on any atom is 0.132 e. The molecule has 0 fully saturated rings. The normalized spacial score (nSPS) is 12.2. The third-order valence-electron chi connectivity index (χ3n) is 7.98. The van der Waals surface area contributed by atoms with Gasteiger partial charge < -0.3 is 20.4 Å². The van der Waals surface area contributed by atoms with Crippen molar-refractivity contribution in [1.29, 1.82) is 0 Å². The minimum Gasteiger partial charge on any atom is -0.507 e. The lowest BCUT2D eigenvalue weighted by molar-refractivity contribution is 0.468. The number of rotatable bonds is 0. The van der Waals surface area contributed by atoms with Crippen molar-refractivity contribution in [3.63, 3.8) is 0 Å². The highest BCUT2D eigenvalue weighted by atomic mass is 16.3. The van der Waals surface area contributed by atoms with Gasteiger partial charge in [0.1, 0.15) is 23.0 Å².